The summed E-state index contributed by atoms with van der Waals surface area (Å²) in [6.07, 6.45) is 5.43. The quantitative estimate of drug-likeness (QED) is 0.584. The predicted molar refractivity (Wildman–Crippen MR) is 105 cm³/mol. The summed E-state index contributed by atoms with van der Waals surface area (Å²) in [4.78, 5) is 0. The summed E-state index contributed by atoms with van der Waals surface area (Å²) in [5, 5.41) is 0. The van der Waals surface area contributed by atoms with E-state index in [1.807, 2.05) is 0 Å². The van der Waals surface area contributed by atoms with E-state index in [0.717, 1.165) is 32.1 Å². The summed E-state index contributed by atoms with van der Waals surface area (Å²) >= 11 is 0. The first-order valence-electron chi connectivity index (χ1n) is 9.68. The van der Waals surface area contributed by atoms with Crippen LogP contribution < -0.4 is 0 Å². The third-order valence-corrected chi connectivity index (χ3v) is 6.28. The van der Waals surface area contributed by atoms with Crippen LogP contribution in [0.1, 0.15) is 41.5 Å². The Kier molecular flexibility index (Phi) is 3.72. The molecule has 0 N–H and O–H groups in total. The number of rotatable bonds is 2. The van der Waals surface area contributed by atoms with Crippen molar-refractivity contribution in [1.29, 1.82) is 0 Å². The van der Waals surface area contributed by atoms with Crippen molar-refractivity contribution in [2.24, 2.45) is 0 Å². The Labute approximate surface area is 155 Å². The highest BCUT2D eigenvalue weighted by Crippen LogP contribution is 2.52. The van der Waals surface area contributed by atoms with E-state index < -0.39 is 0 Å². The highest BCUT2D eigenvalue weighted by atomic mass is 16.5. The van der Waals surface area contributed by atoms with Crippen molar-refractivity contribution >= 4 is 0 Å². The van der Waals surface area contributed by atoms with Crippen molar-refractivity contribution in [2.75, 3.05) is 0 Å². The smallest absolute Gasteiger partial charge is 0.119 e. The molecule has 1 heteroatoms. The molecule has 130 valence electrons. The van der Waals surface area contributed by atoms with E-state index in [4.69, 9.17) is 4.74 Å². The molecule has 3 aromatic rings. The minimum atomic E-state index is -0.325. The van der Waals surface area contributed by atoms with Crippen molar-refractivity contribution in [3.63, 3.8) is 0 Å². The number of hydrogen-bond acceptors (Lipinski definition) is 1. The van der Waals surface area contributed by atoms with Gasteiger partial charge in [0.05, 0.1) is 5.60 Å². The average molecular weight is 340 g/mol. The number of hydrogen-bond donors (Lipinski definition) is 0. The van der Waals surface area contributed by atoms with Gasteiger partial charge in [0.15, 0.2) is 0 Å². The second kappa shape index (κ2) is 6.10. The molecule has 1 fully saturated rings. The lowest BCUT2D eigenvalue weighted by Crippen LogP contribution is -2.39. The van der Waals surface area contributed by atoms with Crippen LogP contribution in [0.25, 0.3) is 0 Å². The van der Waals surface area contributed by atoms with E-state index in [1.54, 1.807) is 0 Å². The standard InChI is InChI=1S/C25H24O/c1-3-11-22(12-4-1)25(23-13-5-2-6-14-23)18-17-24(26-25)16-15-20-9-7-8-10-21(20)19-24/h1-14H,15-19H2/t24-/m0/s1. The molecule has 0 aromatic heterocycles. The topological polar surface area (TPSA) is 9.23 Å². The first kappa shape index (κ1) is 15.8. The number of ether oxygens (including phenoxy) is 1. The molecule has 0 radical (unpaired) electrons. The molecule has 0 unspecified atom stereocenters. The predicted octanol–water partition coefficient (Wildman–Crippen LogP) is 5.67. The molecule has 0 amide bonds. The fraction of sp³-hybridized carbons (Fsp3) is 0.280. The van der Waals surface area contributed by atoms with Crippen molar-refractivity contribution in [3.8, 4) is 0 Å². The Morgan fingerprint density at radius 3 is 1.81 bits per heavy atom. The number of benzene rings is 3. The molecule has 26 heavy (non-hydrogen) atoms. The van der Waals surface area contributed by atoms with Crippen molar-refractivity contribution in [3.05, 3.63) is 107 Å². The van der Waals surface area contributed by atoms with Crippen LogP contribution in [0.3, 0.4) is 0 Å². The number of fused-ring (bicyclic) bond motifs is 1. The largest absolute Gasteiger partial charge is 0.359 e. The molecule has 0 bridgehead atoms. The van der Waals surface area contributed by atoms with E-state index in [0.29, 0.717) is 0 Å². The van der Waals surface area contributed by atoms with Crippen LogP contribution in [0.5, 0.6) is 0 Å². The monoisotopic (exact) mass is 340 g/mol. The van der Waals surface area contributed by atoms with Gasteiger partial charge >= 0.3 is 0 Å². The van der Waals surface area contributed by atoms with Crippen LogP contribution in [0.2, 0.25) is 0 Å². The third-order valence-electron chi connectivity index (χ3n) is 6.28. The fourth-order valence-electron chi connectivity index (χ4n) is 4.94. The first-order chi connectivity index (χ1) is 12.8. The molecule has 1 spiro atoms. The molecule has 3 aromatic carbocycles. The van der Waals surface area contributed by atoms with Crippen molar-refractivity contribution < 1.29 is 4.74 Å². The lowest BCUT2D eigenvalue weighted by molar-refractivity contribution is -0.0938. The lowest BCUT2D eigenvalue weighted by Gasteiger charge is -2.39. The average Bonchev–Trinajstić information content (AvgIpc) is 3.09. The zero-order valence-electron chi connectivity index (χ0n) is 15.0. The second-order valence-electron chi connectivity index (χ2n) is 7.79. The summed E-state index contributed by atoms with van der Waals surface area (Å²) in [6, 6.07) is 30.5. The molecule has 0 saturated carbocycles. The molecular formula is C25H24O. The second-order valence-corrected chi connectivity index (χ2v) is 7.79. The van der Waals surface area contributed by atoms with Gasteiger partial charge in [-0.1, -0.05) is 84.9 Å². The van der Waals surface area contributed by atoms with Gasteiger partial charge in [0.2, 0.25) is 0 Å². The molecule has 5 rings (SSSR count). The van der Waals surface area contributed by atoms with Gasteiger partial charge in [-0.05, 0) is 47.9 Å². The minimum absolute atomic E-state index is 0.0416. The fourth-order valence-corrected chi connectivity index (χ4v) is 4.94. The summed E-state index contributed by atoms with van der Waals surface area (Å²) in [7, 11) is 0. The molecule has 1 heterocycles. The van der Waals surface area contributed by atoms with Crippen molar-refractivity contribution in [2.45, 2.75) is 43.3 Å². The van der Waals surface area contributed by atoms with E-state index in [2.05, 4.69) is 84.9 Å². The van der Waals surface area contributed by atoms with Gasteiger partial charge in [0, 0.05) is 6.42 Å². The van der Waals surface area contributed by atoms with Gasteiger partial charge in [-0.15, -0.1) is 0 Å². The molecule has 1 nitrogen and oxygen atoms in total. The molecule has 1 aliphatic heterocycles. The van der Waals surface area contributed by atoms with Crippen LogP contribution in [0.15, 0.2) is 84.9 Å². The molecular weight excluding hydrogens is 316 g/mol. The maximum Gasteiger partial charge on any atom is 0.119 e. The van der Waals surface area contributed by atoms with Crippen molar-refractivity contribution in [1.82, 2.24) is 0 Å². The van der Waals surface area contributed by atoms with Crippen LogP contribution in [-0.4, -0.2) is 5.60 Å². The molecule has 2 aliphatic rings. The Balaban J connectivity index is 1.57. The highest BCUT2D eigenvalue weighted by molar-refractivity contribution is 5.39. The zero-order valence-corrected chi connectivity index (χ0v) is 15.0. The highest BCUT2D eigenvalue weighted by Gasteiger charge is 2.51. The van der Waals surface area contributed by atoms with E-state index in [-0.39, 0.29) is 11.2 Å². The van der Waals surface area contributed by atoms with Gasteiger partial charge < -0.3 is 4.74 Å². The maximum absolute atomic E-state index is 7.11. The summed E-state index contributed by atoms with van der Waals surface area (Å²) in [6.45, 7) is 0. The maximum atomic E-state index is 7.11. The Bertz CT molecular complexity index is 860. The van der Waals surface area contributed by atoms with Gasteiger partial charge in [-0.2, -0.15) is 0 Å². The van der Waals surface area contributed by atoms with E-state index in [9.17, 15) is 0 Å². The van der Waals surface area contributed by atoms with Gasteiger partial charge in [-0.25, -0.2) is 0 Å². The van der Waals surface area contributed by atoms with Crippen LogP contribution in [-0.2, 0) is 23.2 Å². The first-order valence-corrected chi connectivity index (χ1v) is 9.68. The minimum Gasteiger partial charge on any atom is -0.359 e. The molecule has 1 atom stereocenters. The van der Waals surface area contributed by atoms with Crippen LogP contribution >= 0.6 is 0 Å². The van der Waals surface area contributed by atoms with Crippen LogP contribution in [0.4, 0.5) is 0 Å². The van der Waals surface area contributed by atoms with Gasteiger partial charge in [0.25, 0.3) is 0 Å². The zero-order chi connectivity index (χ0) is 17.5. The Hall–Kier alpha value is -2.38. The van der Waals surface area contributed by atoms with Crippen LogP contribution in [0, 0.1) is 0 Å². The van der Waals surface area contributed by atoms with Gasteiger partial charge in [-0.3, -0.25) is 0 Å². The molecule has 1 saturated heterocycles. The van der Waals surface area contributed by atoms with E-state index >= 15 is 0 Å². The third kappa shape index (κ3) is 2.50. The Morgan fingerprint density at radius 2 is 1.15 bits per heavy atom. The molecule has 1 aliphatic carbocycles. The number of aryl methyl sites for hydroxylation is 1. The summed E-state index contributed by atoms with van der Waals surface area (Å²) in [5.41, 5.74) is 5.16. The SMILES string of the molecule is c1ccc(C2(c3ccccc3)CC[C@]3(CCc4ccccc4C3)O2)cc1. The van der Waals surface area contributed by atoms with E-state index in [1.165, 1.54) is 22.3 Å². The normalized spacial score (nSPS) is 23.7. The summed E-state index contributed by atoms with van der Waals surface area (Å²) < 4.78 is 7.11. The summed E-state index contributed by atoms with van der Waals surface area (Å²) in [5.74, 6) is 0. The van der Waals surface area contributed by atoms with Gasteiger partial charge in [0.1, 0.15) is 5.60 Å². The Morgan fingerprint density at radius 1 is 0.577 bits per heavy atom. The lowest BCUT2D eigenvalue weighted by atomic mass is 9.78.